The lowest BCUT2D eigenvalue weighted by Crippen LogP contribution is -2.28. The second kappa shape index (κ2) is 6.93. The minimum absolute atomic E-state index is 0.0297. The second-order valence-electron chi connectivity index (χ2n) is 3.87. The van der Waals surface area contributed by atoms with Gasteiger partial charge in [-0.3, -0.25) is 9.59 Å². The predicted octanol–water partition coefficient (Wildman–Crippen LogP) is 2.88. The zero-order chi connectivity index (χ0) is 14.6. The monoisotopic (exact) mass is 324 g/mol. The van der Waals surface area contributed by atoms with Crippen LogP contribution in [0.2, 0.25) is 15.1 Å². The van der Waals surface area contributed by atoms with Gasteiger partial charge >= 0.3 is 5.97 Å². The van der Waals surface area contributed by atoms with E-state index in [1.165, 1.54) is 6.20 Å². The van der Waals surface area contributed by atoms with Crippen LogP contribution in [0.1, 0.15) is 23.8 Å². The molecule has 0 fully saturated rings. The van der Waals surface area contributed by atoms with Crippen LogP contribution in [0.4, 0.5) is 0 Å². The SMILES string of the molecule is CC(CCNC(=O)c1ncc(Cl)c(Cl)c1Cl)C(=O)O. The lowest BCUT2D eigenvalue weighted by atomic mass is 10.1. The van der Waals surface area contributed by atoms with Crippen molar-refractivity contribution in [3.63, 3.8) is 0 Å². The van der Waals surface area contributed by atoms with Crippen LogP contribution in [-0.4, -0.2) is 28.5 Å². The van der Waals surface area contributed by atoms with Gasteiger partial charge in [0, 0.05) is 12.7 Å². The Labute approximate surface area is 124 Å². The summed E-state index contributed by atoms with van der Waals surface area (Å²) in [6.45, 7) is 1.75. The molecule has 1 unspecified atom stereocenters. The van der Waals surface area contributed by atoms with Crippen LogP contribution in [0.25, 0.3) is 0 Å². The summed E-state index contributed by atoms with van der Waals surface area (Å²) in [4.78, 5) is 26.2. The lowest BCUT2D eigenvalue weighted by Gasteiger charge is -2.09. The zero-order valence-corrected chi connectivity index (χ0v) is 12.2. The second-order valence-corrected chi connectivity index (χ2v) is 5.03. The number of carbonyl (C=O) groups excluding carboxylic acids is 1. The average Bonchev–Trinajstić information content (AvgIpc) is 2.35. The number of rotatable bonds is 5. The number of hydrogen-bond acceptors (Lipinski definition) is 3. The summed E-state index contributed by atoms with van der Waals surface area (Å²) >= 11 is 17.3. The van der Waals surface area contributed by atoms with Gasteiger partial charge in [0.15, 0.2) is 0 Å². The smallest absolute Gasteiger partial charge is 0.306 e. The number of amides is 1. The number of nitrogens with one attached hydrogen (secondary N) is 1. The van der Waals surface area contributed by atoms with E-state index in [0.717, 1.165) is 0 Å². The molecule has 0 saturated heterocycles. The summed E-state index contributed by atoms with van der Waals surface area (Å²) in [5, 5.41) is 11.4. The van der Waals surface area contributed by atoms with Crippen LogP contribution in [0.15, 0.2) is 6.20 Å². The van der Waals surface area contributed by atoms with Crippen molar-refractivity contribution in [2.24, 2.45) is 5.92 Å². The zero-order valence-electron chi connectivity index (χ0n) is 9.91. The van der Waals surface area contributed by atoms with Crippen molar-refractivity contribution < 1.29 is 14.7 Å². The van der Waals surface area contributed by atoms with E-state index in [1.807, 2.05) is 0 Å². The molecule has 0 aliphatic carbocycles. The maximum atomic E-state index is 11.8. The summed E-state index contributed by atoms with van der Waals surface area (Å²) < 4.78 is 0. The van der Waals surface area contributed by atoms with Gasteiger partial charge in [-0.25, -0.2) is 4.98 Å². The molecular formula is C11H11Cl3N2O3. The van der Waals surface area contributed by atoms with Gasteiger partial charge in [0.1, 0.15) is 5.69 Å². The van der Waals surface area contributed by atoms with E-state index < -0.39 is 17.8 Å². The minimum atomic E-state index is -0.917. The van der Waals surface area contributed by atoms with E-state index in [-0.39, 0.29) is 27.3 Å². The fourth-order valence-electron chi connectivity index (χ4n) is 1.21. The Morgan fingerprint density at radius 2 is 2.00 bits per heavy atom. The molecule has 0 saturated carbocycles. The Morgan fingerprint density at radius 3 is 2.58 bits per heavy atom. The van der Waals surface area contributed by atoms with E-state index >= 15 is 0 Å². The van der Waals surface area contributed by atoms with Crippen molar-refractivity contribution in [1.82, 2.24) is 10.3 Å². The van der Waals surface area contributed by atoms with Gasteiger partial charge in [-0.2, -0.15) is 0 Å². The molecule has 1 heterocycles. The van der Waals surface area contributed by atoms with Gasteiger partial charge in [-0.15, -0.1) is 0 Å². The Balaban J connectivity index is 2.65. The molecular weight excluding hydrogens is 314 g/mol. The van der Waals surface area contributed by atoms with Crippen LogP contribution in [0.5, 0.6) is 0 Å². The molecule has 0 radical (unpaired) electrons. The molecule has 1 amide bonds. The van der Waals surface area contributed by atoms with Crippen molar-refractivity contribution in [3.8, 4) is 0 Å². The van der Waals surface area contributed by atoms with Gasteiger partial charge in [0.05, 0.1) is 21.0 Å². The fraction of sp³-hybridized carbons (Fsp3) is 0.364. The van der Waals surface area contributed by atoms with Gasteiger partial charge in [0.2, 0.25) is 0 Å². The van der Waals surface area contributed by atoms with Crippen molar-refractivity contribution in [2.75, 3.05) is 6.54 Å². The third kappa shape index (κ3) is 4.23. The summed E-state index contributed by atoms with van der Waals surface area (Å²) in [5.74, 6) is -1.99. The lowest BCUT2D eigenvalue weighted by molar-refractivity contribution is -0.141. The highest BCUT2D eigenvalue weighted by Gasteiger charge is 2.17. The van der Waals surface area contributed by atoms with E-state index in [1.54, 1.807) is 6.92 Å². The van der Waals surface area contributed by atoms with Crippen LogP contribution in [0.3, 0.4) is 0 Å². The van der Waals surface area contributed by atoms with Crippen molar-refractivity contribution in [2.45, 2.75) is 13.3 Å². The molecule has 8 heteroatoms. The average molecular weight is 326 g/mol. The van der Waals surface area contributed by atoms with Gasteiger partial charge < -0.3 is 10.4 Å². The maximum absolute atomic E-state index is 11.8. The van der Waals surface area contributed by atoms with Crippen molar-refractivity contribution in [1.29, 1.82) is 0 Å². The predicted molar refractivity (Wildman–Crippen MR) is 73.0 cm³/mol. The Bertz CT molecular complexity index is 508. The number of carboxylic acids is 1. The van der Waals surface area contributed by atoms with Crippen LogP contribution in [0, 0.1) is 5.92 Å². The van der Waals surface area contributed by atoms with Crippen LogP contribution in [-0.2, 0) is 4.79 Å². The molecule has 0 aliphatic rings. The fourth-order valence-corrected chi connectivity index (χ4v) is 1.78. The minimum Gasteiger partial charge on any atom is -0.481 e. The van der Waals surface area contributed by atoms with Gasteiger partial charge in [0.25, 0.3) is 5.91 Å². The van der Waals surface area contributed by atoms with Crippen molar-refractivity contribution in [3.05, 3.63) is 27.0 Å². The molecule has 1 rings (SSSR count). The van der Waals surface area contributed by atoms with E-state index in [2.05, 4.69) is 10.3 Å². The Hall–Kier alpha value is -1.04. The number of aromatic nitrogens is 1. The summed E-state index contributed by atoms with van der Waals surface area (Å²) in [6, 6.07) is 0. The first-order chi connectivity index (χ1) is 8.84. The normalized spacial score (nSPS) is 12.0. The molecule has 1 atom stereocenters. The number of carboxylic acid groups (broad SMARTS) is 1. The molecule has 0 spiro atoms. The largest absolute Gasteiger partial charge is 0.481 e. The molecule has 1 aromatic heterocycles. The number of carbonyl (C=O) groups is 2. The highest BCUT2D eigenvalue weighted by Crippen LogP contribution is 2.30. The first kappa shape index (κ1) is 16.0. The summed E-state index contributed by atoms with van der Waals surface area (Å²) in [6.07, 6.45) is 1.53. The Kier molecular flexibility index (Phi) is 5.85. The number of nitrogens with zero attached hydrogens (tertiary/aromatic N) is 1. The number of pyridine rings is 1. The standard InChI is InChI=1S/C11H11Cl3N2O3/c1-5(11(18)19)2-3-15-10(17)9-8(14)7(13)6(12)4-16-9/h4-5H,2-3H2,1H3,(H,15,17)(H,18,19). The van der Waals surface area contributed by atoms with E-state index in [4.69, 9.17) is 39.9 Å². The molecule has 19 heavy (non-hydrogen) atoms. The number of aliphatic carboxylic acids is 1. The Morgan fingerprint density at radius 1 is 1.37 bits per heavy atom. The third-order valence-electron chi connectivity index (χ3n) is 2.42. The first-order valence-electron chi connectivity index (χ1n) is 5.35. The molecule has 0 aromatic carbocycles. The van der Waals surface area contributed by atoms with Crippen LogP contribution < -0.4 is 5.32 Å². The summed E-state index contributed by atoms with van der Waals surface area (Å²) in [5.41, 5.74) is -0.0426. The van der Waals surface area contributed by atoms with E-state index in [0.29, 0.717) is 6.42 Å². The quantitative estimate of drug-likeness (QED) is 0.872. The molecule has 1 aromatic rings. The third-order valence-corrected chi connectivity index (χ3v) is 3.66. The highest BCUT2D eigenvalue weighted by atomic mass is 35.5. The van der Waals surface area contributed by atoms with Crippen LogP contribution >= 0.6 is 34.8 Å². The molecule has 5 nitrogen and oxygen atoms in total. The topological polar surface area (TPSA) is 79.3 Å². The summed E-state index contributed by atoms with van der Waals surface area (Å²) in [7, 11) is 0. The number of hydrogen-bond donors (Lipinski definition) is 2. The maximum Gasteiger partial charge on any atom is 0.306 e. The molecule has 104 valence electrons. The van der Waals surface area contributed by atoms with Crippen molar-refractivity contribution >= 4 is 46.7 Å². The number of halogens is 3. The molecule has 0 aliphatic heterocycles. The highest BCUT2D eigenvalue weighted by molar-refractivity contribution is 6.48. The van der Waals surface area contributed by atoms with Gasteiger partial charge in [-0.1, -0.05) is 41.7 Å². The van der Waals surface area contributed by atoms with E-state index in [9.17, 15) is 9.59 Å². The first-order valence-corrected chi connectivity index (χ1v) is 6.48. The molecule has 2 N–H and O–H groups in total. The molecule has 0 bridgehead atoms. The van der Waals surface area contributed by atoms with Gasteiger partial charge in [-0.05, 0) is 6.42 Å².